The number of rotatable bonds is 6. The summed E-state index contributed by atoms with van der Waals surface area (Å²) in [5, 5.41) is 10.5. The summed E-state index contributed by atoms with van der Waals surface area (Å²) in [4.78, 5) is 40.0. The van der Waals surface area contributed by atoms with Crippen LogP contribution in [0.1, 0.15) is 35.3 Å². The summed E-state index contributed by atoms with van der Waals surface area (Å²) in [6.07, 6.45) is -7.81. The van der Waals surface area contributed by atoms with Gasteiger partial charge in [0.25, 0.3) is 5.91 Å². The molecule has 15 heteroatoms. The van der Waals surface area contributed by atoms with Crippen LogP contribution in [0.2, 0.25) is 0 Å². The van der Waals surface area contributed by atoms with E-state index in [0.717, 1.165) is 23.1 Å². The Morgan fingerprint density at radius 2 is 1.60 bits per heavy atom. The molecule has 3 heterocycles. The van der Waals surface area contributed by atoms with Gasteiger partial charge in [0.1, 0.15) is 4.32 Å². The van der Waals surface area contributed by atoms with Crippen LogP contribution in [0.15, 0.2) is 34.6 Å². The number of benzene rings is 1. The number of carboxylic acid groups (broad SMARTS) is 1. The molecule has 1 aromatic carbocycles. The number of hydrogen-bond acceptors (Lipinski definition) is 6. The maximum absolute atomic E-state index is 13.2. The van der Waals surface area contributed by atoms with Gasteiger partial charge >= 0.3 is 18.3 Å². The number of carbonyl (C=O) groups excluding carboxylic acids is 2. The summed E-state index contributed by atoms with van der Waals surface area (Å²) in [5.74, 6) is -2.08. The predicted molar refractivity (Wildman–Crippen MR) is 141 cm³/mol. The van der Waals surface area contributed by atoms with E-state index in [1.54, 1.807) is 4.90 Å². The number of alkyl halides is 6. The van der Waals surface area contributed by atoms with Gasteiger partial charge in [0.05, 0.1) is 21.9 Å². The first kappa shape index (κ1) is 30.1. The van der Waals surface area contributed by atoms with E-state index in [1.807, 2.05) is 0 Å². The Bertz CT molecular complexity index is 1350. The lowest BCUT2D eigenvalue weighted by molar-refractivity contribution is -0.146. The molecular formula is C25H20F6N2O4S3. The van der Waals surface area contributed by atoms with E-state index in [1.165, 1.54) is 22.4 Å². The average molecular weight is 623 g/mol. The number of piperidine rings is 1. The maximum Gasteiger partial charge on any atom is 0.416 e. The van der Waals surface area contributed by atoms with Crippen molar-refractivity contribution in [1.29, 1.82) is 0 Å². The highest BCUT2D eigenvalue weighted by Crippen LogP contribution is 2.40. The number of thiophene rings is 1. The van der Waals surface area contributed by atoms with Gasteiger partial charge in [-0.1, -0.05) is 24.0 Å². The average Bonchev–Trinajstić information content (AvgIpc) is 3.45. The molecule has 0 spiro atoms. The molecule has 4 rings (SSSR count). The van der Waals surface area contributed by atoms with Crippen LogP contribution < -0.4 is 0 Å². The summed E-state index contributed by atoms with van der Waals surface area (Å²) < 4.78 is 79.6. The molecule has 40 heavy (non-hydrogen) atoms. The Hall–Kier alpha value is -2.91. The molecule has 0 saturated carbocycles. The van der Waals surface area contributed by atoms with E-state index >= 15 is 0 Å². The quantitative estimate of drug-likeness (QED) is 0.229. The summed E-state index contributed by atoms with van der Waals surface area (Å²) in [6.45, 7) is 0.635. The zero-order valence-corrected chi connectivity index (χ0v) is 22.8. The molecule has 2 amide bonds. The van der Waals surface area contributed by atoms with Crippen LogP contribution in [0.3, 0.4) is 0 Å². The largest absolute Gasteiger partial charge is 0.481 e. The predicted octanol–water partition coefficient (Wildman–Crippen LogP) is 6.37. The maximum atomic E-state index is 13.2. The second-order valence-corrected chi connectivity index (χ2v) is 11.7. The minimum Gasteiger partial charge on any atom is -0.481 e. The SMILES string of the molecule is O=C(O)C1CCN(C(=O)CCN2C(=O)C(=Cc3cc(-c4cc(C(F)(F)F)cc(C(F)(F)F)c4)cs3)SC2=S)CC1. The van der Waals surface area contributed by atoms with E-state index in [-0.39, 0.29) is 45.3 Å². The Balaban J connectivity index is 1.45. The smallest absolute Gasteiger partial charge is 0.416 e. The number of nitrogens with zero attached hydrogens (tertiary/aromatic N) is 2. The van der Waals surface area contributed by atoms with Crippen molar-refractivity contribution in [2.45, 2.75) is 31.6 Å². The minimum absolute atomic E-state index is 0.0137. The number of thioether (sulfide) groups is 1. The number of thiocarbonyl (C=S) groups is 1. The molecule has 1 N–H and O–H groups in total. The fraction of sp³-hybridized carbons (Fsp3) is 0.360. The van der Waals surface area contributed by atoms with E-state index in [0.29, 0.717) is 42.9 Å². The van der Waals surface area contributed by atoms with Crippen molar-refractivity contribution >= 4 is 63.5 Å². The number of hydrogen-bond donors (Lipinski definition) is 1. The van der Waals surface area contributed by atoms with Crippen molar-refractivity contribution in [3.63, 3.8) is 0 Å². The third-order valence-corrected chi connectivity index (χ3v) is 8.69. The molecule has 0 atom stereocenters. The first-order valence-corrected chi connectivity index (χ1v) is 13.9. The molecule has 0 aliphatic carbocycles. The molecule has 214 valence electrons. The monoisotopic (exact) mass is 622 g/mol. The molecule has 2 aliphatic rings. The summed E-state index contributed by atoms with van der Waals surface area (Å²) in [6, 6.07) is 2.73. The van der Waals surface area contributed by atoms with Crippen molar-refractivity contribution in [3.8, 4) is 11.1 Å². The van der Waals surface area contributed by atoms with Gasteiger partial charge in [0.2, 0.25) is 5.91 Å². The Morgan fingerprint density at radius 1 is 1.00 bits per heavy atom. The highest BCUT2D eigenvalue weighted by molar-refractivity contribution is 8.26. The molecule has 6 nitrogen and oxygen atoms in total. The van der Waals surface area contributed by atoms with Gasteiger partial charge in [-0.05, 0) is 59.7 Å². The molecule has 2 aliphatic heterocycles. The number of carbonyl (C=O) groups is 3. The van der Waals surface area contributed by atoms with Gasteiger partial charge in [0, 0.05) is 30.9 Å². The molecule has 2 saturated heterocycles. The molecule has 2 fully saturated rings. The fourth-order valence-corrected chi connectivity index (χ4v) is 6.49. The van der Waals surface area contributed by atoms with Gasteiger partial charge in [-0.15, -0.1) is 11.3 Å². The van der Waals surface area contributed by atoms with Crippen LogP contribution in [0.5, 0.6) is 0 Å². The molecule has 0 radical (unpaired) electrons. The summed E-state index contributed by atoms with van der Waals surface area (Å²) in [5.41, 5.74) is -2.99. The topological polar surface area (TPSA) is 77.9 Å². The zero-order chi connectivity index (χ0) is 29.4. The Kier molecular flexibility index (Phi) is 8.66. The lowest BCUT2D eigenvalue weighted by atomic mass is 9.97. The zero-order valence-electron chi connectivity index (χ0n) is 20.3. The van der Waals surface area contributed by atoms with E-state index < -0.39 is 41.3 Å². The molecule has 1 aromatic heterocycles. The van der Waals surface area contributed by atoms with Gasteiger partial charge in [-0.3, -0.25) is 19.3 Å². The Labute approximate surface area is 237 Å². The van der Waals surface area contributed by atoms with Crippen LogP contribution in [-0.4, -0.2) is 56.6 Å². The van der Waals surface area contributed by atoms with Gasteiger partial charge in [-0.2, -0.15) is 26.3 Å². The van der Waals surface area contributed by atoms with Crippen LogP contribution in [0, 0.1) is 5.92 Å². The molecule has 0 bridgehead atoms. The van der Waals surface area contributed by atoms with Crippen LogP contribution in [0.4, 0.5) is 26.3 Å². The number of aliphatic carboxylic acids is 1. The van der Waals surface area contributed by atoms with Crippen molar-refractivity contribution < 1.29 is 45.8 Å². The molecule has 0 unspecified atom stereocenters. The van der Waals surface area contributed by atoms with Crippen LogP contribution in [-0.2, 0) is 26.7 Å². The van der Waals surface area contributed by atoms with Gasteiger partial charge < -0.3 is 10.0 Å². The second kappa shape index (κ2) is 11.5. The number of carboxylic acids is 1. The highest BCUT2D eigenvalue weighted by Gasteiger charge is 2.37. The molecule has 2 aromatic rings. The van der Waals surface area contributed by atoms with E-state index in [9.17, 15) is 40.7 Å². The highest BCUT2D eigenvalue weighted by atomic mass is 32.2. The minimum atomic E-state index is -4.97. The number of likely N-dealkylation sites (tertiary alicyclic amines) is 1. The van der Waals surface area contributed by atoms with Crippen molar-refractivity contribution in [2.24, 2.45) is 5.92 Å². The van der Waals surface area contributed by atoms with E-state index in [4.69, 9.17) is 17.3 Å². The van der Waals surface area contributed by atoms with Crippen LogP contribution in [0.25, 0.3) is 17.2 Å². The summed E-state index contributed by atoms with van der Waals surface area (Å²) >= 11 is 7.28. The third kappa shape index (κ3) is 6.86. The lowest BCUT2D eigenvalue weighted by Gasteiger charge is -2.30. The number of amides is 2. The first-order valence-electron chi connectivity index (χ1n) is 11.8. The van der Waals surface area contributed by atoms with Crippen molar-refractivity contribution in [1.82, 2.24) is 9.80 Å². The third-order valence-electron chi connectivity index (χ3n) is 6.43. The van der Waals surface area contributed by atoms with E-state index in [2.05, 4.69) is 0 Å². The normalized spacial score (nSPS) is 18.2. The van der Waals surface area contributed by atoms with Crippen molar-refractivity contribution in [3.05, 3.63) is 50.6 Å². The van der Waals surface area contributed by atoms with Gasteiger partial charge in [-0.25, -0.2) is 0 Å². The second-order valence-electron chi connectivity index (χ2n) is 9.11. The number of halogens is 6. The fourth-order valence-electron chi connectivity index (χ4n) is 4.26. The van der Waals surface area contributed by atoms with Crippen molar-refractivity contribution in [2.75, 3.05) is 19.6 Å². The summed E-state index contributed by atoms with van der Waals surface area (Å²) in [7, 11) is 0. The first-order chi connectivity index (χ1) is 18.6. The standard InChI is InChI=1S/C25H20F6N2O4S3/c26-24(27,28)16-7-14(8-17(10-16)25(29,30)31)15-9-18(39-12-15)11-19-21(35)33(23(38)40-19)6-3-20(34)32-4-1-13(2-5-32)22(36)37/h7-13H,1-6H2,(H,36,37). The molecular weight excluding hydrogens is 602 g/mol. The van der Waals surface area contributed by atoms with Crippen LogP contribution >= 0.6 is 35.3 Å². The lowest BCUT2D eigenvalue weighted by Crippen LogP contribution is -2.41. The van der Waals surface area contributed by atoms with Gasteiger partial charge in [0.15, 0.2) is 0 Å². The Morgan fingerprint density at radius 3 is 2.15 bits per heavy atom.